The summed E-state index contributed by atoms with van der Waals surface area (Å²) < 4.78 is 5.68. The van der Waals surface area contributed by atoms with Gasteiger partial charge in [0.05, 0.1) is 5.75 Å². The van der Waals surface area contributed by atoms with Crippen LogP contribution in [0.5, 0.6) is 0 Å². The summed E-state index contributed by atoms with van der Waals surface area (Å²) in [5, 5.41) is 11.6. The van der Waals surface area contributed by atoms with Gasteiger partial charge in [-0.05, 0) is 49.4 Å². The number of carbonyl (C=O) groups excluding carboxylic acids is 1. The molecule has 1 amide bonds. The second-order valence-electron chi connectivity index (χ2n) is 6.68. The van der Waals surface area contributed by atoms with Gasteiger partial charge in [0.15, 0.2) is 0 Å². The number of rotatable bonds is 10. The lowest BCUT2D eigenvalue weighted by Gasteiger charge is -2.14. The van der Waals surface area contributed by atoms with Crippen LogP contribution in [0.25, 0.3) is 11.5 Å². The third-order valence-electron chi connectivity index (χ3n) is 4.62. The SMILES string of the molecule is CCCC[C@@H](CC)CNC(=O)CSc1nnc(-c2ccc(C)c(C)c2)o1. The van der Waals surface area contributed by atoms with Gasteiger partial charge in [0.1, 0.15) is 0 Å². The topological polar surface area (TPSA) is 68.0 Å². The van der Waals surface area contributed by atoms with Crippen molar-refractivity contribution in [3.05, 3.63) is 29.3 Å². The first-order chi connectivity index (χ1) is 12.5. The van der Waals surface area contributed by atoms with Crippen LogP contribution in [-0.2, 0) is 4.79 Å². The van der Waals surface area contributed by atoms with E-state index in [0.717, 1.165) is 18.5 Å². The molecular formula is C20H29N3O2S. The maximum Gasteiger partial charge on any atom is 0.277 e. The average Bonchev–Trinajstić information content (AvgIpc) is 3.11. The Morgan fingerprint density at radius 2 is 2.04 bits per heavy atom. The van der Waals surface area contributed by atoms with Gasteiger partial charge in [-0.25, -0.2) is 0 Å². The minimum absolute atomic E-state index is 0.0101. The molecule has 0 aliphatic heterocycles. The molecule has 0 bridgehead atoms. The maximum absolute atomic E-state index is 12.0. The van der Waals surface area contributed by atoms with E-state index in [1.165, 1.54) is 42.2 Å². The third-order valence-corrected chi connectivity index (χ3v) is 5.44. The molecule has 0 radical (unpaired) electrons. The Labute approximate surface area is 160 Å². The number of hydrogen-bond acceptors (Lipinski definition) is 5. The van der Waals surface area contributed by atoms with Gasteiger partial charge in [0.25, 0.3) is 5.22 Å². The number of hydrogen-bond donors (Lipinski definition) is 1. The molecule has 1 aromatic heterocycles. The Bertz CT molecular complexity index is 715. The van der Waals surface area contributed by atoms with Gasteiger partial charge in [0, 0.05) is 12.1 Å². The van der Waals surface area contributed by atoms with E-state index in [9.17, 15) is 4.79 Å². The molecule has 1 aromatic carbocycles. The molecule has 0 fully saturated rings. The quantitative estimate of drug-likeness (QED) is 0.605. The van der Waals surface area contributed by atoms with Crippen molar-refractivity contribution in [3.63, 3.8) is 0 Å². The fourth-order valence-electron chi connectivity index (χ4n) is 2.64. The summed E-state index contributed by atoms with van der Waals surface area (Å²) >= 11 is 1.28. The molecule has 0 unspecified atom stereocenters. The second kappa shape index (κ2) is 10.4. The zero-order chi connectivity index (χ0) is 18.9. The number of aromatic nitrogens is 2. The highest BCUT2D eigenvalue weighted by Gasteiger charge is 2.13. The van der Waals surface area contributed by atoms with Crippen LogP contribution in [-0.4, -0.2) is 28.4 Å². The minimum atomic E-state index is 0.0101. The Hall–Kier alpha value is -1.82. The van der Waals surface area contributed by atoms with Crippen molar-refractivity contribution < 1.29 is 9.21 Å². The molecule has 1 heterocycles. The van der Waals surface area contributed by atoms with E-state index >= 15 is 0 Å². The number of carbonyl (C=O) groups is 1. The second-order valence-corrected chi connectivity index (χ2v) is 7.61. The minimum Gasteiger partial charge on any atom is -0.411 e. The summed E-state index contributed by atoms with van der Waals surface area (Å²) in [6, 6.07) is 6.04. The van der Waals surface area contributed by atoms with E-state index < -0.39 is 0 Å². The molecular weight excluding hydrogens is 346 g/mol. The molecule has 0 aliphatic rings. The Morgan fingerprint density at radius 3 is 2.73 bits per heavy atom. The fraction of sp³-hybridized carbons (Fsp3) is 0.550. The average molecular weight is 376 g/mol. The maximum atomic E-state index is 12.0. The van der Waals surface area contributed by atoms with Gasteiger partial charge in [-0.1, -0.05) is 50.9 Å². The zero-order valence-corrected chi connectivity index (χ0v) is 17.0. The van der Waals surface area contributed by atoms with E-state index in [1.54, 1.807) is 0 Å². The largest absolute Gasteiger partial charge is 0.411 e. The van der Waals surface area contributed by atoms with Gasteiger partial charge in [0.2, 0.25) is 11.8 Å². The van der Waals surface area contributed by atoms with Crippen molar-refractivity contribution in [1.82, 2.24) is 15.5 Å². The number of nitrogens with zero attached hydrogens (tertiary/aromatic N) is 2. The number of aryl methyl sites for hydroxylation is 2. The van der Waals surface area contributed by atoms with Gasteiger partial charge >= 0.3 is 0 Å². The highest BCUT2D eigenvalue weighted by Crippen LogP contribution is 2.24. The van der Waals surface area contributed by atoms with E-state index in [-0.39, 0.29) is 5.91 Å². The molecule has 0 saturated carbocycles. The lowest BCUT2D eigenvalue weighted by molar-refractivity contribution is -0.118. The van der Waals surface area contributed by atoms with E-state index in [4.69, 9.17) is 4.42 Å². The molecule has 2 aromatic rings. The monoisotopic (exact) mass is 375 g/mol. The first kappa shape index (κ1) is 20.5. The van der Waals surface area contributed by atoms with E-state index in [2.05, 4.69) is 43.2 Å². The van der Waals surface area contributed by atoms with Gasteiger partial charge in [-0.15, -0.1) is 10.2 Å². The Kier molecular flexibility index (Phi) is 8.16. The van der Waals surface area contributed by atoms with Crippen molar-refractivity contribution in [1.29, 1.82) is 0 Å². The standard InChI is InChI=1S/C20H29N3O2S/c1-5-7-8-16(6-2)12-21-18(24)13-26-20-23-22-19(25-20)17-10-9-14(3)15(4)11-17/h9-11,16H,5-8,12-13H2,1-4H3,(H,21,24)/t16-/m1/s1. The lowest BCUT2D eigenvalue weighted by atomic mass is 9.99. The van der Waals surface area contributed by atoms with Crippen LogP contribution >= 0.6 is 11.8 Å². The van der Waals surface area contributed by atoms with Crippen LogP contribution in [0.2, 0.25) is 0 Å². The number of benzene rings is 1. The summed E-state index contributed by atoms with van der Waals surface area (Å²) in [5.74, 6) is 1.35. The highest BCUT2D eigenvalue weighted by molar-refractivity contribution is 7.99. The smallest absolute Gasteiger partial charge is 0.277 e. The van der Waals surface area contributed by atoms with Crippen LogP contribution in [0.3, 0.4) is 0 Å². The van der Waals surface area contributed by atoms with Crippen LogP contribution in [0.15, 0.2) is 27.8 Å². The normalized spacial score (nSPS) is 12.2. The molecule has 142 valence electrons. The summed E-state index contributed by atoms with van der Waals surface area (Å²) in [6.07, 6.45) is 4.67. The first-order valence-electron chi connectivity index (χ1n) is 9.34. The van der Waals surface area contributed by atoms with Crippen molar-refractivity contribution in [2.24, 2.45) is 5.92 Å². The predicted molar refractivity (Wildman–Crippen MR) is 106 cm³/mol. The van der Waals surface area contributed by atoms with Crippen LogP contribution in [0.4, 0.5) is 0 Å². The summed E-state index contributed by atoms with van der Waals surface area (Å²) in [4.78, 5) is 12.0. The van der Waals surface area contributed by atoms with E-state index in [1.807, 2.05) is 18.2 Å². The molecule has 1 atom stereocenters. The van der Waals surface area contributed by atoms with Crippen molar-refractivity contribution in [3.8, 4) is 11.5 Å². The Morgan fingerprint density at radius 1 is 1.23 bits per heavy atom. The summed E-state index contributed by atoms with van der Waals surface area (Å²) in [5.41, 5.74) is 3.31. The molecule has 26 heavy (non-hydrogen) atoms. The van der Waals surface area contributed by atoms with Gasteiger partial charge < -0.3 is 9.73 Å². The number of nitrogens with one attached hydrogen (secondary N) is 1. The summed E-state index contributed by atoms with van der Waals surface area (Å²) in [7, 11) is 0. The molecule has 0 saturated heterocycles. The van der Waals surface area contributed by atoms with Crippen molar-refractivity contribution in [2.45, 2.75) is 58.6 Å². The number of thioether (sulfide) groups is 1. The number of amides is 1. The molecule has 6 heteroatoms. The predicted octanol–water partition coefficient (Wildman–Crippen LogP) is 4.78. The van der Waals surface area contributed by atoms with E-state index in [0.29, 0.717) is 22.8 Å². The molecule has 1 N–H and O–H groups in total. The highest BCUT2D eigenvalue weighted by atomic mass is 32.2. The first-order valence-corrected chi connectivity index (χ1v) is 10.3. The molecule has 0 aliphatic carbocycles. The molecule has 2 rings (SSSR count). The molecule has 5 nitrogen and oxygen atoms in total. The lowest BCUT2D eigenvalue weighted by Crippen LogP contribution is -2.30. The fourth-order valence-corrected chi connectivity index (χ4v) is 3.23. The zero-order valence-electron chi connectivity index (χ0n) is 16.2. The van der Waals surface area contributed by atoms with Crippen molar-refractivity contribution >= 4 is 17.7 Å². The van der Waals surface area contributed by atoms with Crippen LogP contribution in [0.1, 0.15) is 50.7 Å². The van der Waals surface area contributed by atoms with Gasteiger partial charge in [-0.2, -0.15) is 0 Å². The van der Waals surface area contributed by atoms with Crippen molar-refractivity contribution in [2.75, 3.05) is 12.3 Å². The van der Waals surface area contributed by atoms with Gasteiger partial charge in [-0.3, -0.25) is 4.79 Å². The Balaban J connectivity index is 1.81. The molecule has 0 spiro atoms. The van der Waals surface area contributed by atoms with Crippen LogP contribution in [0, 0.1) is 19.8 Å². The third kappa shape index (κ3) is 6.16. The van der Waals surface area contributed by atoms with Crippen LogP contribution < -0.4 is 5.32 Å². The summed E-state index contributed by atoms with van der Waals surface area (Å²) in [6.45, 7) is 9.23. The number of unbranched alkanes of at least 4 members (excludes halogenated alkanes) is 1.